The van der Waals surface area contributed by atoms with Crippen molar-refractivity contribution in [1.82, 2.24) is 9.80 Å². The summed E-state index contributed by atoms with van der Waals surface area (Å²) < 4.78 is 1.08. The van der Waals surface area contributed by atoms with Crippen LogP contribution in [0.4, 0.5) is 5.69 Å². The number of hydrogen-bond donors (Lipinski definition) is 0. The van der Waals surface area contributed by atoms with E-state index < -0.39 is 0 Å². The van der Waals surface area contributed by atoms with E-state index >= 15 is 0 Å². The van der Waals surface area contributed by atoms with E-state index in [-0.39, 0.29) is 5.78 Å². The van der Waals surface area contributed by atoms with Gasteiger partial charge in [-0.1, -0.05) is 82.7 Å². The Hall–Kier alpha value is -3.02. The zero-order chi connectivity index (χ0) is 23.3. The molecular weight excluding hydrogens is 486 g/mol. The van der Waals surface area contributed by atoms with Crippen molar-refractivity contribution in [1.29, 1.82) is 0 Å². The lowest BCUT2D eigenvalue weighted by Crippen LogP contribution is -2.49. The fourth-order valence-electron chi connectivity index (χ4n) is 4.62. The second-order valence-electron chi connectivity index (χ2n) is 8.76. The number of halogens is 1. The van der Waals surface area contributed by atoms with Crippen LogP contribution in [0.15, 0.2) is 94.4 Å². The lowest BCUT2D eigenvalue weighted by molar-refractivity contribution is 0.0951. The Morgan fingerprint density at radius 3 is 2.32 bits per heavy atom. The molecule has 172 valence electrons. The molecule has 0 N–H and O–H groups in total. The van der Waals surface area contributed by atoms with Gasteiger partial charge in [0.05, 0.1) is 5.69 Å². The summed E-state index contributed by atoms with van der Waals surface area (Å²) in [5.41, 5.74) is 5.47. The molecule has 0 unspecified atom stereocenters. The first-order chi connectivity index (χ1) is 16.7. The third-order valence-electron chi connectivity index (χ3n) is 6.54. The predicted molar refractivity (Wildman–Crippen MR) is 143 cm³/mol. The molecule has 0 aromatic heterocycles. The number of amidine groups is 1. The first-order valence-corrected chi connectivity index (χ1v) is 12.7. The molecule has 0 bridgehead atoms. The number of aliphatic imine (C=N–C) groups is 1. The number of carbonyl (C=O) groups excluding carboxylic acids is 1. The molecule has 3 aromatic rings. The van der Waals surface area contributed by atoms with E-state index in [1.54, 1.807) is 0 Å². The van der Waals surface area contributed by atoms with Crippen molar-refractivity contribution in [3.05, 3.63) is 106 Å². The Morgan fingerprint density at radius 2 is 1.59 bits per heavy atom. The molecule has 0 aliphatic carbocycles. The molecule has 2 aliphatic rings. The normalized spacial score (nSPS) is 16.3. The number of nitrogens with zero attached hydrogens (tertiary/aromatic N) is 3. The molecule has 5 rings (SSSR count). The van der Waals surface area contributed by atoms with Gasteiger partial charge in [0.25, 0.3) is 0 Å². The SMILES string of the molecule is O=C(CCN1CCN(C2=Nc3ccc(Br)cc3CC=C2c2ccccc2)CC1)c1ccccc1. The summed E-state index contributed by atoms with van der Waals surface area (Å²) in [7, 11) is 0. The second-order valence-corrected chi connectivity index (χ2v) is 9.68. The Labute approximate surface area is 209 Å². The lowest BCUT2D eigenvalue weighted by atomic mass is 10.0. The van der Waals surface area contributed by atoms with Gasteiger partial charge < -0.3 is 4.90 Å². The van der Waals surface area contributed by atoms with E-state index in [0.717, 1.165) is 60.7 Å². The summed E-state index contributed by atoms with van der Waals surface area (Å²) in [6.07, 6.45) is 3.73. The standard InChI is InChI=1S/C29H28BrN3O/c30-25-12-14-27-24(21-25)11-13-26(22-7-3-1-4-8-22)29(31-27)33-19-17-32(18-20-33)16-15-28(34)23-9-5-2-6-10-23/h1-10,12-14,21H,11,15-20H2. The molecule has 4 nitrogen and oxygen atoms in total. The van der Waals surface area contributed by atoms with Crippen LogP contribution in [0.25, 0.3) is 5.57 Å². The summed E-state index contributed by atoms with van der Waals surface area (Å²) in [6, 6.07) is 26.5. The van der Waals surface area contributed by atoms with Crippen LogP contribution in [0.3, 0.4) is 0 Å². The zero-order valence-corrected chi connectivity index (χ0v) is 20.7. The van der Waals surface area contributed by atoms with Crippen LogP contribution >= 0.6 is 15.9 Å². The number of carbonyl (C=O) groups is 1. The monoisotopic (exact) mass is 513 g/mol. The van der Waals surface area contributed by atoms with Crippen LogP contribution in [0, 0.1) is 0 Å². The van der Waals surface area contributed by atoms with E-state index in [1.165, 1.54) is 16.7 Å². The minimum absolute atomic E-state index is 0.216. The molecule has 34 heavy (non-hydrogen) atoms. The molecule has 2 heterocycles. The highest BCUT2D eigenvalue weighted by atomic mass is 79.9. The first kappa shape index (κ1) is 22.8. The highest BCUT2D eigenvalue weighted by molar-refractivity contribution is 9.10. The highest BCUT2D eigenvalue weighted by Gasteiger charge is 2.25. The summed E-state index contributed by atoms with van der Waals surface area (Å²) in [4.78, 5) is 22.5. The molecule has 0 radical (unpaired) electrons. The second kappa shape index (κ2) is 10.5. The third-order valence-corrected chi connectivity index (χ3v) is 7.04. The summed E-state index contributed by atoms with van der Waals surface area (Å²) in [5.74, 6) is 1.26. The fourth-order valence-corrected chi connectivity index (χ4v) is 5.03. The van der Waals surface area contributed by atoms with Crippen LogP contribution in [0.1, 0.15) is 27.9 Å². The van der Waals surface area contributed by atoms with Gasteiger partial charge in [-0.2, -0.15) is 0 Å². The maximum absolute atomic E-state index is 12.5. The van der Waals surface area contributed by atoms with E-state index in [1.807, 2.05) is 30.3 Å². The van der Waals surface area contributed by atoms with Crippen molar-refractivity contribution in [2.45, 2.75) is 12.8 Å². The molecular formula is C29H28BrN3O. The maximum Gasteiger partial charge on any atom is 0.164 e. The number of allylic oxidation sites excluding steroid dienone is 1. The van der Waals surface area contributed by atoms with Gasteiger partial charge in [-0.15, -0.1) is 0 Å². The molecule has 0 atom stereocenters. The van der Waals surface area contributed by atoms with Gasteiger partial charge in [-0.05, 0) is 35.7 Å². The molecule has 2 aliphatic heterocycles. The van der Waals surface area contributed by atoms with Crippen molar-refractivity contribution < 1.29 is 4.79 Å². The smallest absolute Gasteiger partial charge is 0.164 e. The van der Waals surface area contributed by atoms with Crippen molar-refractivity contribution in [3.63, 3.8) is 0 Å². The number of Topliss-reactive ketones (excluding diaryl/α,β-unsaturated/α-hetero) is 1. The van der Waals surface area contributed by atoms with Crippen molar-refractivity contribution in [2.24, 2.45) is 4.99 Å². The van der Waals surface area contributed by atoms with E-state index in [9.17, 15) is 4.79 Å². The van der Waals surface area contributed by atoms with Gasteiger partial charge in [0.2, 0.25) is 0 Å². The quantitative estimate of drug-likeness (QED) is 0.392. The number of benzene rings is 3. The van der Waals surface area contributed by atoms with Gasteiger partial charge in [0, 0.05) is 54.8 Å². The molecule has 1 saturated heterocycles. The number of piperazine rings is 1. The highest BCUT2D eigenvalue weighted by Crippen LogP contribution is 2.32. The van der Waals surface area contributed by atoms with Gasteiger partial charge in [0.1, 0.15) is 5.84 Å². The Balaban J connectivity index is 1.31. The molecule has 5 heteroatoms. The number of fused-ring (bicyclic) bond motifs is 1. The summed E-state index contributed by atoms with van der Waals surface area (Å²) >= 11 is 3.60. The van der Waals surface area contributed by atoms with Crippen LogP contribution in [0.2, 0.25) is 0 Å². The van der Waals surface area contributed by atoms with Gasteiger partial charge in [0.15, 0.2) is 5.78 Å². The van der Waals surface area contributed by atoms with Crippen molar-refractivity contribution in [3.8, 4) is 0 Å². The lowest BCUT2D eigenvalue weighted by Gasteiger charge is -2.37. The molecule has 0 spiro atoms. The maximum atomic E-state index is 12.5. The van der Waals surface area contributed by atoms with Gasteiger partial charge in [-0.25, -0.2) is 4.99 Å². The summed E-state index contributed by atoms with van der Waals surface area (Å²) in [6.45, 7) is 4.45. The van der Waals surface area contributed by atoms with Gasteiger partial charge in [-0.3, -0.25) is 9.69 Å². The minimum Gasteiger partial charge on any atom is -0.354 e. The zero-order valence-electron chi connectivity index (χ0n) is 19.2. The largest absolute Gasteiger partial charge is 0.354 e. The topological polar surface area (TPSA) is 35.9 Å². The average Bonchev–Trinajstić information content (AvgIpc) is 3.08. The number of hydrogen-bond acceptors (Lipinski definition) is 4. The fraction of sp³-hybridized carbons (Fsp3) is 0.241. The Morgan fingerprint density at radius 1 is 0.882 bits per heavy atom. The summed E-state index contributed by atoms with van der Waals surface area (Å²) in [5, 5.41) is 0. The van der Waals surface area contributed by atoms with Gasteiger partial charge >= 0.3 is 0 Å². The molecule has 0 saturated carbocycles. The van der Waals surface area contributed by atoms with E-state index in [4.69, 9.17) is 4.99 Å². The van der Waals surface area contributed by atoms with E-state index in [2.05, 4.69) is 80.3 Å². The Bertz CT molecular complexity index is 1210. The number of rotatable bonds is 5. The van der Waals surface area contributed by atoms with Crippen LogP contribution in [0.5, 0.6) is 0 Å². The average molecular weight is 514 g/mol. The van der Waals surface area contributed by atoms with Crippen molar-refractivity contribution in [2.75, 3.05) is 32.7 Å². The molecule has 1 fully saturated rings. The molecule has 3 aromatic carbocycles. The number of ketones is 1. The predicted octanol–water partition coefficient (Wildman–Crippen LogP) is 6.01. The minimum atomic E-state index is 0.216. The third kappa shape index (κ3) is 5.21. The van der Waals surface area contributed by atoms with Crippen LogP contribution in [-0.2, 0) is 6.42 Å². The van der Waals surface area contributed by atoms with Crippen LogP contribution in [-0.4, -0.2) is 54.1 Å². The first-order valence-electron chi connectivity index (χ1n) is 11.9. The molecule has 0 amide bonds. The van der Waals surface area contributed by atoms with Crippen LogP contribution < -0.4 is 0 Å². The van der Waals surface area contributed by atoms with Crippen molar-refractivity contribution >= 4 is 38.8 Å². The Kier molecular flexibility index (Phi) is 7.02. The van der Waals surface area contributed by atoms with E-state index in [0.29, 0.717) is 6.42 Å².